The normalized spacial score (nSPS) is 10.7. The van der Waals surface area contributed by atoms with Gasteiger partial charge in [0.15, 0.2) is 0 Å². The predicted octanol–water partition coefficient (Wildman–Crippen LogP) is 3.58. The van der Waals surface area contributed by atoms with Crippen LogP contribution in [0.4, 0.5) is 0 Å². The minimum Gasteiger partial charge on any atom is -0.310 e. The molecule has 0 N–H and O–H groups in total. The number of hydrogen-bond acceptors (Lipinski definition) is 1. The second-order valence-electron chi connectivity index (χ2n) is 4.64. The van der Waals surface area contributed by atoms with Crippen molar-refractivity contribution in [3.63, 3.8) is 0 Å². The Bertz CT molecular complexity index is 623. The van der Waals surface area contributed by atoms with E-state index < -0.39 is 0 Å². The maximum Gasteiger partial charge on any atom is 0.253 e. The number of nitrogens with zero attached hydrogens (tertiary/aromatic N) is 1. The van der Waals surface area contributed by atoms with Crippen LogP contribution < -0.4 is 5.56 Å². The Kier molecular flexibility index (Phi) is 3.71. The van der Waals surface area contributed by atoms with Crippen molar-refractivity contribution in [1.82, 2.24) is 4.57 Å². The van der Waals surface area contributed by atoms with Crippen LogP contribution in [0.5, 0.6) is 0 Å². The van der Waals surface area contributed by atoms with Gasteiger partial charge in [0.05, 0.1) is 6.54 Å². The van der Waals surface area contributed by atoms with Gasteiger partial charge in [-0.15, -0.1) is 0 Å². The van der Waals surface area contributed by atoms with Gasteiger partial charge >= 0.3 is 0 Å². The summed E-state index contributed by atoms with van der Waals surface area (Å²) in [6.07, 6.45) is 1.85. The zero-order valence-corrected chi connectivity index (χ0v) is 12.4. The highest BCUT2D eigenvalue weighted by atomic mass is 79.9. The zero-order valence-electron chi connectivity index (χ0n) is 10.8. The smallest absolute Gasteiger partial charge is 0.253 e. The summed E-state index contributed by atoms with van der Waals surface area (Å²) in [4.78, 5) is 12.1. The summed E-state index contributed by atoms with van der Waals surface area (Å²) in [6.45, 7) is 6.63. The van der Waals surface area contributed by atoms with Crippen molar-refractivity contribution in [2.75, 3.05) is 0 Å². The fourth-order valence-corrected chi connectivity index (χ4v) is 2.72. The Morgan fingerprint density at radius 2 is 1.72 bits per heavy atom. The zero-order chi connectivity index (χ0) is 13.3. The minimum atomic E-state index is 0.0702. The van der Waals surface area contributed by atoms with Crippen LogP contribution >= 0.6 is 15.9 Å². The SMILES string of the molecule is Cc1cccc(C)c1Cn1cc(Br)cc(C)c1=O. The fourth-order valence-electron chi connectivity index (χ4n) is 2.13. The van der Waals surface area contributed by atoms with Crippen molar-refractivity contribution < 1.29 is 0 Å². The van der Waals surface area contributed by atoms with Crippen LogP contribution in [0.15, 0.2) is 39.7 Å². The first-order chi connectivity index (χ1) is 8.49. The number of rotatable bonds is 2. The van der Waals surface area contributed by atoms with E-state index in [9.17, 15) is 4.79 Å². The summed E-state index contributed by atoms with van der Waals surface area (Å²) in [6, 6.07) is 8.06. The van der Waals surface area contributed by atoms with Gasteiger partial charge in [0, 0.05) is 16.2 Å². The van der Waals surface area contributed by atoms with Crippen molar-refractivity contribution in [3.8, 4) is 0 Å². The lowest BCUT2D eigenvalue weighted by Crippen LogP contribution is -2.22. The number of aromatic nitrogens is 1. The first kappa shape index (κ1) is 13.1. The second-order valence-corrected chi connectivity index (χ2v) is 5.56. The molecule has 0 radical (unpaired) electrons. The first-order valence-electron chi connectivity index (χ1n) is 5.90. The highest BCUT2D eigenvalue weighted by molar-refractivity contribution is 9.10. The van der Waals surface area contributed by atoms with Crippen molar-refractivity contribution in [2.45, 2.75) is 27.3 Å². The molecule has 1 aromatic carbocycles. The minimum absolute atomic E-state index is 0.0702. The van der Waals surface area contributed by atoms with Crippen molar-refractivity contribution in [1.29, 1.82) is 0 Å². The van der Waals surface area contributed by atoms with E-state index in [1.54, 1.807) is 4.57 Å². The molecular formula is C15H16BrNO. The summed E-state index contributed by atoms with van der Waals surface area (Å²) in [5.41, 5.74) is 4.49. The molecule has 18 heavy (non-hydrogen) atoms. The Hall–Kier alpha value is -1.35. The van der Waals surface area contributed by atoms with E-state index in [0.717, 1.165) is 10.0 Å². The molecule has 1 heterocycles. The number of hydrogen-bond donors (Lipinski definition) is 0. The number of pyridine rings is 1. The molecule has 0 spiro atoms. The summed E-state index contributed by atoms with van der Waals surface area (Å²) in [5, 5.41) is 0. The fraction of sp³-hybridized carbons (Fsp3) is 0.267. The van der Waals surface area contributed by atoms with Gasteiger partial charge in [-0.3, -0.25) is 4.79 Å². The van der Waals surface area contributed by atoms with Gasteiger partial charge in [0.2, 0.25) is 0 Å². The lowest BCUT2D eigenvalue weighted by atomic mass is 10.0. The average Bonchev–Trinajstić information content (AvgIpc) is 2.30. The second kappa shape index (κ2) is 5.11. The van der Waals surface area contributed by atoms with Crippen LogP contribution in [-0.2, 0) is 6.54 Å². The average molecular weight is 306 g/mol. The summed E-state index contributed by atoms with van der Waals surface area (Å²) in [7, 11) is 0. The van der Waals surface area contributed by atoms with E-state index >= 15 is 0 Å². The van der Waals surface area contributed by atoms with E-state index in [-0.39, 0.29) is 5.56 Å². The summed E-state index contributed by atoms with van der Waals surface area (Å²) >= 11 is 3.44. The largest absolute Gasteiger partial charge is 0.310 e. The van der Waals surface area contributed by atoms with Crippen LogP contribution in [0, 0.1) is 20.8 Å². The number of halogens is 1. The van der Waals surface area contributed by atoms with Crippen LogP contribution in [0.2, 0.25) is 0 Å². The molecule has 0 bridgehead atoms. The number of benzene rings is 1. The first-order valence-corrected chi connectivity index (χ1v) is 6.70. The van der Waals surface area contributed by atoms with Gasteiger partial charge in [-0.2, -0.15) is 0 Å². The third-order valence-electron chi connectivity index (χ3n) is 3.20. The molecule has 2 rings (SSSR count). The molecule has 0 amide bonds. The van der Waals surface area contributed by atoms with E-state index in [1.807, 2.05) is 25.3 Å². The number of aryl methyl sites for hydroxylation is 3. The quantitative estimate of drug-likeness (QED) is 0.831. The van der Waals surface area contributed by atoms with Crippen molar-refractivity contribution >= 4 is 15.9 Å². The van der Waals surface area contributed by atoms with E-state index in [0.29, 0.717) is 6.54 Å². The third-order valence-corrected chi connectivity index (χ3v) is 3.64. The van der Waals surface area contributed by atoms with Crippen molar-refractivity contribution in [2.24, 2.45) is 0 Å². The van der Waals surface area contributed by atoms with Gasteiger partial charge in [-0.05, 0) is 59.5 Å². The molecule has 0 atom stereocenters. The van der Waals surface area contributed by atoms with Crippen LogP contribution in [0.1, 0.15) is 22.3 Å². The lowest BCUT2D eigenvalue weighted by molar-refractivity contribution is 0.741. The molecule has 0 fully saturated rings. The van der Waals surface area contributed by atoms with Crippen LogP contribution in [-0.4, -0.2) is 4.57 Å². The highest BCUT2D eigenvalue weighted by Crippen LogP contribution is 2.15. The maximum atomic E-state index is 12.1. The van der Waals surface area contributed by atoms with Crippen molar-refractivity contribution in [3.05, 3.63) is 67.5 Å². The van der Waals surface area contributed by atoms with E-state index in [4.69, 9.17) is 0 Å². The highest BCUT2D eigenvalue weighted by Gasteiger charge is 2.06. The monoisotopic (exact) mass is 305 g/mol. The molecule has 94 valence electrons. The maximum absolute atomic E-state index is 12.1. The topological polar surface area (TPSA) is 22.0 Å². The third kappa shape index (κ3) is 2.56. The van der Waals surface area contributed by atoms with Crippen LogP contribution in [0.3, 0.4) is 0 Å². The van der Waals surface area contributed by atoms with Gasteiger partial charge in [-0.25, -0.2) is 0 Å². The molecule has 0 aliphatic carbocycles. The van der Waals surface area contributed by atoms with Crippen LogP contribution in [0.25, 0.3) is 0 Å². The Morgan fingerprint density at radius 3 is 2.33 bits per heavy atom. The van der Waals surface area contributed by atoms with Gasteiger partial charge < -0.3 is 4.57 Å². The lowest BCUT2D eigenvalue weighted by Gasteiger charge is -2.12. The molecule has 2 nitrogen and oxygen atoms in total. The van der Waals surface area contributed by atoms with E-state index in [1.165, 1.54) is 16.7 Å². The molecule has 0 saturated heterocycles. The molecule has 2 aromatic rings. The van der Waals surface area contributed by atoms with Gasteiger partial charge in [-0.1, -0.05) is 18.2 Å². The standard InChI is InChI=1S/C15H16BrNO/c1-10-5-4-6-11(2)14(10)9-17-8-13(16)7-12(3)15(17)18/h4-8H,9H2,1-3H3. The molecule has 0 aliphatic heterocycles. The Labute approximate surface area is 115 Å². The molecule has 3 heteroatoms. The molecule has 0 aliphatic rings. The Balaban J connectivity index is 2.50. The van der Waals surface area contributed by atoms with E-state index in [2.05, 4.69) is 41.9 Å². The summed E-state index contributed by atoms with van der Waals surface area (Å²) in [5.74, 6) is 0. The molecular weight excluding hydrogens is 290 g/mol. The van der Waals surface area contributed by atoms with Gasteiger partial charge in [0.1, 0.15) is 0 Å². The molecule has 0 saturated carbocycles. The molecule has 1 aromatic heterocycles. The van der Waals surface area contributed by atoms with Gasteiger partial charge in [0.25, 0.3) is 5.56 Å². The summed E-state index contributed by atoms with van der Waals surface area (Å²) < 4.78 is 2.69. The Morgan fingerprint density at radius 1 is 1.11 bits per heavy atom. The predicted molar refractivity (Wildman–Crippen MR) is 78.2 cm³/mol. The molecule has 0 unspecified atom stereocenters.